The molecule has 0 aliphatic carbocycles. The smallest absolute Gasteiger partial charge is 0.344 e. The van der Waals surface area contributed by atoms with Gasteiger partial charge < -0.3 is 9.47 Å². The lowest BCUT2D eigenvalue weighted by atomic mass is 10.2. The third-order valence-electron chi connectivity index (χ3n) is 3.45. The largest absolute Gasteiger partial charge is 0.480 e. The minimum absolute atomic E-state index is 0.245. The minimum atomic E-state index is -0.505. The maximum atomic E-state index is 11.5. The minimum Gasteiger partial charge on any atom is -0.480 e. The molecule has 0 bridgehead atoms. The zero-order valence-corrected chi connectivity index (χ0v) is 16.3. The summed E-state index contributed by atoms with van der Waals surface area (Å²) >= 11 is 18.4. The summed E-state index contributed by atoms with van der Waals surface area (Å²) in [6.07, 6.45) is 0. The van der Waals surface area contributed by atoms with Crippen molar-refractivity contribution < 1.29 is 14.3 Å². The molecule has 0 radical (unpaired) electrons. The zero-order chi connectivity index (χ0) is 19.4. The second-order valence-corrected chi connectivity index (χ2v) is 6.50. The number of nitrogens with zero attached hydrogens (tertiary/aromatic N) is 4. The molecule has 0 fully saturated rings. The number of hydrogen-bond donors (Lipinski definition) is 0. The summed E-state index contributed by atoms with van der Waals surface area (Å²) in [5.41, 5.74) is 1.18. The maximum Gasteiger partial charge on any atom is 0.344 e. The van der Waals surface area contributed by atoms with E-state index in [0.29, 0.717) is 21.6 Å². The summed E-state index contributed by atoms with van der Waals surface area (Å²) in [6, 6.07) is 10.1. The van der Waals surface area contributed by atoms with Gasteiger partial charge in [-0.05, 0) is 47.7 Å². The highest BCUT2D eigenvalue weighted by Gasteiger charge is 2.17. The number of hydrogen-bond acceptors (Lipinski definition) is 6. The third-order valence-corrected chi connectivity index (χ3v) is 4.30. The van der Waals surface area contributed by atoms with Crippen LogP contribution in [0.2, 0.25) is 15.1 Å². The number of benzene rings is 2. The van der Waals surface area contributed by atoms with Gasteiger partial charge in [-0.15, -0.1) is 5.10 Å². The van der Waals surface area contributed by atoms with Crippen LogP contribution in [0.25, 0.3) is 17.1 Å². The number of aromatic nitrogens is 4. The second kappa shape index (κ2) is 8.56. The van der Waals surface area contributed by atoms with Crippen molar-refractivity contribution in [2.24, 2.45) is 0 Å². The van der Waals surface area contributed by atoms with E-state index in [1.165, 1.54) is 10.7 Å². The average molecular weight is 428 g/mol. The summed E-state index contributed by atoms with van der Waals surface area (Å²) in [7, 11) is 0. The van der Waals surface area contributed by atoms with Gasteiger partial charge in [0.2, 0.25) is 0 Å². The van der Waals surface area contributed by atoms with E-state index in [9.17, 15) is 4.79 Å². The first-order chi connectivity index (χ1) is 13.0. The SMILES string of the molecule is CCOC(=O)COc1cc(-n2nnnc2-c2ccc(Cl)cc2)c(Cl)cc1Cl. The Kier molecular flexibility index (Phi) is 6.15. The molecule has 10 heteroatoms. The molecule has 1 aromatic heterocycles. The van der Waals surface area contributed by atoms with Crippen LogP contribution in [0.5, 0.6) is 5.75 Å². The Hall–Kier alpha value is -2.35. The van der Waals surface area contributed by atoms with Gasteiger partial charge in [-0.1, -0.05) is 34.8 Å². The Balaban J connectivity index is 1.96. The summed E-state index contributed by atoms with van der Waals surface area (Å²) in [6.45, 7) is 1.69. The molecular weight excluding hydrogens is 415 g/mol. The van der Waals surface area contributed by atoms with Gasteiger partial charge in [0, 0.05) is 16.7 Å². The fraction of sp³-hybridized carbons (Fsp3) is 0.176. The molecule has 27 heavy (non-hydrogen) atoms. The lowest BCUT2D eigenvalue weighted by molar-refractivity contribution is -0.145. The monoisotopic (exact) mass is 426 g/mol. The Morgan fingerprint density at radius 2 is 1.85 bits per heavy atom. The number of ether oxygens (including phenoxy) is 2. The summed E-state index contributed by atoms with van der Waals surface area (Å²) in [5.74, 6) is 0.197. The van der Waals surface area contributed by atoms with E-state index in [1.807, 2.05) is 0 Å². The quantitative estimate of drug-likeness (QED) is 0.548. The molecule has 140 valence electrons. The lowest BCUT2D eigenvalue weighted by Crippen LogP contribution is -2.15. The van der Waals surface area contributed by atoms with Crippen LogP contribution < -0.4 is 4.74 Å². The van der Waals surface area contributed by atoms with E-state index >= 15 is 0 Å². The number of carbonyl (C=O) groups is 1. The molecular formula is C17H13Cl3N4O3. The topological polar surface area (TPSA) is 79.1 Å². The van der Waals surface area contributed by atoms with Crippen molar-refractivity contribution in [1.82, 2.24) is 20.2 Å². The molecule has 0 amide bonds. The van der Waals surface area contributed by atoms with Gasteiger partial charge in [0.15, 0.2) is 12.4 Å². The van der Waals surface area contributed by atoms with Gasteiger partial charge in [0.05, 0.1) is 22.3 Å². The first-order valence-electron chi connectivity index (χ1n) is 7.81. The number of tetrazole rings is 1. The van der Waals surface area contributed by atoms with Crippen LogP contribution in [0.4, 0.5) is 0 Å². The van der Waals surface area contributed by atoms with Gasteiger partial charge in [-0.25, -0.2) is 4.79 Å². The highest BCUT2D eigenvalue weighted by atomic mass is 35.5. The maximum absolute atomic E-state index is 11.5. The van der Waals surface area contributed by atoms with Crippen LogP contribution in [0.1, 0.15) is 6.92 Å². The van der Waals surface area contributed by atoms with Crippen molar-refractivity contribution in [2.75, 3.05) is 13.2 Å². The molecule has 2 aromatic carbocycles. The molecule has 0 saturated carbocycles. The highest BCUT2D eigenvalue weighted by Crippen LogP contribution is 2.34. The Morgan fingerprint density at radius 1 is 1.11 bits per heavy atom. The molecule has 0 unspecified atom stereocenters. The highest BCUT2D eigenvalue weighted by molar-refractivity contribution is 6.36. The summed E-state index contributed by atoms with van der Waals surface area (Å²) in [4.78, 5) is 11.5. The van der Waals surface area contributed by atoms with Crippen molar-refractivity contribution in [3.05, 3.63) is 51.5 Å². The van der Waals surface area contributed by atoms with Crippen molar-refractivity contribution in [2.45, 2.75) is 6.92 Å². The molecule has 0 N–H and O–H groups in total. The lowest BCUT2D eigenvalue weighted by Gasteiger charge is -2.12. The predicted octanol–water partition coefficient (Wildman–Crippen LogP) is 4.23. The Morgan fingerprint density at radius 3 is 2.56 bits per heavy atom. The fourth-order valence-corrected chi connectivity index (χ4v) is 2.90. The van der Waals surface area contributed by atoms with E-state index in [2.05, 4.69) is 15.5 Å². The van der Waals surface area contributed by atoms with Crippen molar-refractivity contribution in [3.63, 3.8) is 0 Å². The molecule has 0 saturated heterocycles. The van der Waals surface area contributed by atoms with Crippen LogP contribution in [-0.4, -0.2) is 39.4 Å². The van der Waals surface area contributed by atoms with Crippen LogP contribution in [-0.2, 0) is 9.53 Å². The van der Waals surface area contributed by atoms with E-state index in [-0.39, 0.29) is 24.0 Å². The van der Waals surface area contributed by atoms with Gasteiger partial charge in [-0.2, -0.15) is 4.68 Å². The second-order valence-electron chi connectivity index (χ2n) is 5.25. The zero-order valence-electron chi connectivity index (χ0n) is 14.0. The molecule has 0 spiro atoms. The van der Waals surface area contributed by atoms with E-state index in [0.717, 1.165) is 5.56 Å². The third kappa shape index (κ3) is 4.50. The molecule has 7 nitrogen and oxygen atoms in total. The van der Waals surface area contributed by atoms with E-state index < -0.39 is 5.97 Å². The van der Waals surface area contributed by atoms with Crippen molar-refractivity contribution >= 4 is 40.8 Å². The summed E-state index contributed by atoms with van der Waals surface area (Å²) < 4.78 is 11.7. The normalized spacial score (nSPS) is 10.7. The van der Waals surface area contributed by atoms with Crippen molar-refractivity contribution in [3.8, 4) is 22.8 Å². The fourth-order valence-electron chi connectivity index (χ4n) is 2.26. The number of carbonyl (C=O) groups excluding carboxylic acids is 1. The van der Waals surface area contributed by atoms with E-state index in [1.54, 1.807) is 37.3 Å². The van der Waals surface area contributed by atoms with Crippen LogP contribution >= 0.6 is 34.8 Å². The number of esters is 1. The van der Waals surface area contributed by atoms with Crippen LogP contribution in [0.15, 0.2) is 36.4 Å². The molecule has 3 aromatic rings. The Bertz CT molecular complexity index is 961. The standard InChI is InChI=1S/C17H13Cl3N4O3/c1-2-26-16(25)9-27-15-8-14(12(19)7-13(15)20)24-17(21-22-23-24)10-3-5-11(18)6-4-10/h3-8H,2,9H2,1H3. The first kappa shape index (κ1) is 19.4. The van der Waals surface area contributed by atoms with Crippen molar-refractivity contribution in [1.29, 1.82) is 0 Å². The van der Waals surface area contributed by atoms with E-state index in [4.69, 9.17) is 44.3 Å². The molecule has 3 rings (SSSR count). The first-order valence-corrected chi connectivity index (χ1v) is 8.95. The molecule has 0 atom stereocenters. The summed E-state index contributed by atoms with van der Waals surface area (Å²) in [5, 5.41) is 12.9. The van der Waals surface area contributed by atoms with Gasteiger partial charge >= 0.3 is 5.97 Å². The van der Waals surface area contributed by atoms with Crippen LogP contribution in [0.3, 0.4) is 0 Å². The van der Waals surface area contributed by atoms with Crippen LogP contribution in [0, 0.1) is 0 Å². The van der Waals surface area contributed by atoms with Gasteiger partial charge in [0.25, 0.3) is 0 Å². The molecule has 1 heterocycles. The van der Waals surface area contributed by atoms with Gasteiger partial charge in [0.1, 0.15) is 5.75 Å². The molecule has 0 aliphatic heterocycles. The average Bonchev–Trinajstić information content (AvgIpc) is 3.11. The number of halogens is 3. The molecule has 0 aliphatic rings. The number of rotatable bonds is 6. The predicted molar refractivity (Wildman–Crippen MR) is 102 cm³/mol. The Labute approximate surface area is 169 Å². The van der Waals surface area contributed by atoms with Gasteiger partial charge in [-0.3, -0.25) is 0 Å².